The van der Waals surface area contributed by atoms with E-state index < -0.39 is 7.82 Å². The predicted molar refractivity (Wildman–Crippen MR) is 71.6 cm³/mol. The Morgan fingerprint density at radius 2 is 1.80 bits per heavy atom. The van der Waals surface area contributed by atoms with E-state index in [1.807, 2.05) is 12.1 Å². The zero-order valence-electron chi connectivity index (χ0n) is 9.88. The molecule has 2 aromatic carbocycles. The summed E-state index contributed by atoms with van der Waals surface area (Å²) in [6.07, 6.45) is 0. The molecule has 20 heavy (non-hydrogen) atoms. The number of benzene rings is 2. The SMILES string of the molecule is O=c1c2ccccc2[nH]c2cc3c4c(c12)OP(=O)(O3)O4. The molecule has 5 rings (SSSR count). The second-order valence-corrected chi connectivity index (χ2v) is 6.12. The van der Waals surface area contributed by atoms with Gasteiger partial charge in [-0.3, -0.25) is 4.79 Å². The van der Waals surface area contributed by atoms with E-state index in [9.17, 15) is 9.36 Å². The molecule has 0 saturated carbocycles. The van der Waals surface area contributed by atoms with Crippen LogP contribution in [-0.4, -0.2) is 4.98 Å². The van der Waals surface area contributed by atoms with Gasteiger partial charge in [0.2, 0.25) is 11.2 Å². The van der Waals surface area contributed by atoms with Gasteiger partial charge in [-0.25, -0.2) is 0 Å². The van der Waals surface area contributed by atoms with Crippen molar-refractivity contribution in [1.82, 2.24) is 4.98 Å². The summed E-state index contributed by atoms with van der Waals surface area (Å²) >= 11 is 0. The van der Waals surface area contributed by atoms with Gasteiger partial charge in [-0.1, -0.05) is 12.1 Å². The van der Waals surface area contributed by atoms with Crippen molar-refractivity contribution in [2.24, 2.45) is 0 Å². The minimum absolute atomic E-state index is 0.184. The summed E-state index contributed by atoms with van der Waals surface area (Å²) in [5, 5.41) is 0.880. The molecule has 2 aliphatic rings. The Morgan fingerprint density at radius 3 is 2.65 bits per heavy atom. The molecule has 2 bridgehead atoms. The van der Waals surface area contributed by atoms with Gasteiger partial charge in [-0.05, 0) is 12.1 Å². The lowest BCUT2D eigenvalue weighted by Gasteiger charge is -2.12. The second-order valence-electron chi connectivity index (χ2n) is 4.68. The van der Waals surface area contributed by atoms with Crippen LogP contribution in [0.15, 0.2) is 35.1 Å². The highest BCUT2D eigenvalue weighted by Gasteiger charge is 2.51. The Bertz CT molecular complexity index is 1040. The Labute approximate surface area is 111 Å². The molecule has 3 aromatic rings. The van der Waals surface area contributed by atoms with Crippen molar-refractivity contribution in [2.75, 3.05) is 0 Å². The molecule has 0 spiro atoms. The Hall–Kier alpha value is -2.46. The molecule has 1 N–H and O–H groups in total. The molecule has 0 radical (unpaired) electrons. The van der Waals surface area contributed by atoms with Crippen LogP contribution in [0.2, 0.25) is 0 Å². The molecule has 6 nitrogen and oxygen atoms in total. The van der Waals surface area contributed by atoms with Gasteiger partial charge < -0.3 is 18.6 Å². The summed E-state index contributed by atoms with van der Waals surface area (Å²) in [6.45, 7) is 0. The first-order chi connectivity index (χ1) is 9.65. The quantitative estimate of drug-likeness (QED) is 0.508. The number of phosphoric acid groups is 1. The monoisotopic (exact) mass is 287 g/mol. The number of para-hydroxylation sites is 1. The summed E-state index contributed by atoms with van der Waals surface area (Å²) in [6, 6.07) is 8.79. The summed E-state index contributed by atoms with van der Waals surface area (Å²) in [5.74, 6) is 0.800. The van der Waals surface area contributed by atoms with Crippen molar-refractivity contribution in [3.63, 3.8) is 0 Å². The average molecular weight is 287 g/mol. The van der Waals surface area contributed by atoms with Crippen molar-refractivity contribution in [1.29, 1.82) is 0 Å². The Balaban J connectivity index is 2.06. The van der Waals surface area contributed by atoms with E-state index in [1.165, 1.54) is 0 Å². The summed E-state index contributed by atoms with van der Waals surface area (Å²) in [4.78, 5) is 15.7. The fourth-order valence-electron chi connectivity index (χ4n) is 2.65. The number of H-pyrrole nitrogens is 1. The van der Waals surface area contributed by atoms with E-state index in [1.54, 1.807) is 18.2 Å². The lowest BCUT2D eigenvalue weighted by Crippen LogP contribution is -2.07. The number of aromatic nitrogens is 1. The first-order valence-electron chi connectivity index (χ1n) is 5.95. The molecule has 0 fully saturated rings. The molecule has 0 saturated heterocycles. The van der Waals surface area contributed by atoms with Crippen molar-refractivity contribution in [3.05, 3.63) is 40.6 Å². The topological polar surface area (TPSA) is 77.6 Å². The molecule has 1 aromatic heterocycles. The summed E-state index contributed by atoms with van der Waals surface area (Å²) < 4.78 is 27.4. The van der Waals surface area contributed by atoms with Gasteiger partial charge >= 0.3 is 7.82 Å². The number of hydrogen-bond acceptors (Lipinski definition) is 5. The standard InChI is InChI=1S/C13H6NO5P/c15-11-6-3-1-2-4-7(6)14-8-5-9-12-13(10(8)11)19-20(16,17-9)18-12/h1-5H,(H,14,15). The van der Waals surface area contributed by atoms with Crippen molar-refractivity contribution in [3.8, 4) is 17.2 Å². The van der Waals surface area contributed by atoms with Crippen LogP contribution in [0.1, 0.15) is 0 Å². The highest BCUT2D eigenvalue weighted by atomic mass is 31.2. The van der Waals surface area contributed by atoms with E-state index in [2.05, 4.69) is 4.98 Å². The van der Waals surface area contributed by atoms with Gasteiger partial charge in [0.1, 0.15) is 0 Å². The lowest BCUT2D eigenvalue weighted by atomic mass is 10.1. The van der Waals surface area contributed by atoms with Gasteiger partial charge in [0.25, 0.3) is 0 Å². The van der Waals surface area contributed by atoms with Crippen LogP contribution in [0.5, 0.6) is 17.2 Å². The number of pyridine rings is 1. The number of fused-ring (bicyclic) bond motifs is 4. The van der Waals surface area contributed by atoms with E-state index in [4.69, 9.17) is 13.6 Å². The first-order valence-corrected chi connectivity index (χ1v) is 7.41. The van der Waals surface area contributed by atoms with E-state index in [-0.39, 0.29) is 16.9 Å². The maximum absolute atomic E-state index is 12.6. The van der Waals surface area contributed by atoms with Crippen LogP contribution in [0.4, 0.5) is 0 Å². The molecule has 7 heteroatoms. The van der Waals surface area contributed by atoms with Crippen molar-refractivity contribution in [2.45, 2.75) is 0 Å². The van der Waals surface area contributed by atoms with Gasteiger partial charge in [-0.2, -0.15) is 4.57 Å². The number of nitrogens with one attached hydrogen (secondary N) is 1. The van der Waals surface area contributed by atoms with Crippen molar-refractivity contribution >= 4 is 29.6 Å². The third kappa shape index (κ3) is 1.07. The van der Waals surface area contributed by atoms with Gasteiger partial charge in [0.05, 0.1) is 10.9 Å². The molecular weight excluding hydrogens is 281 g/mol. The van der Waals surface area contributed by atoms with Gasteiger partial charge in [-0.15, -0.1) is 0 Å². The molecule has 2 aliphatic heterocycles. The maximum Gasteiger partial charge on any atom is 0.647 e. The minimum Gasteiger partial charge on any atom is -0.382 e. The molecule has 1 atom stereocenters. The number of phosphoric ester groups is 1. The molecule has 0 amide bonds. The number of hydrogen-bond donors (Lipinski definition) is 1. The predicted octanol–water partition coefficient (Wildman–Crippen LogP) is 2.95. The molecule has 98 valence electrons. The lowest BCUT2D eigenvalue weighted by molar-refractivity contribution is 0.355. The minimum atomic E-state index is -3.59. The number of aromatic amines is 1. The third-order valence-electron chi connectivity index (χ3n) is 3.49. The zero-order valence-corrected chi connectivity index (χ0v) is 10.8. The zero-order chi connectivity index (χ0) is 13.5. The average Bonchev–Trinajstić information content (AvgIpc) is 2.91. The van der Waals surface area contributed by atoms with E-state index >= 15 is 0 Å². The summed E-state index contributed by atoms with van der Waals surface area (Å²) in [5.41, 5.74) is 1.11. The third-order valence-corrected chi connectivity index (χ3v) is 4.72. The van der Waals surface area contributed by atoms with Crippen LogP contribution in [-0.2, 0) is 4.57 Å². The molecule has 1 unspecified atom stereocenters. The normalized spacial score (nSPS) is 21.8. The Morgan fingerprint density at radius 1 is 1.00 bits per heavy atom. The largest absolute Gasteiger partial charge is 0.647 e. The van der Waals surface area contributed by atoms with Crippen molar-refractivity contribution < 1.29 is 18.1 Å². The fourth-order valence-corrected chi connectivity index (χ4v) is 3.93. The fraction of sp³-hybridized carbons (Fsp3) is 0. The Kier molecular flexibility index (Phi) is 1.55. The van der Waals surface area contributed by atoms with Gasteiger partial charge in [0, 0.05) is 17.0 Å². The first kappa shape index (κ1) is 10.3. The van der Waals surface area contributed by atoms with Crippen LogP contribution >= 0.6 is 7.82 Å². The van der Waals surface area contributed by atoms with Crippen LogP contribution in [0.3, 0.4) is 0 Å². The van der Waals surface area contributed by atoms with Crippen LogP contribution < -0.4 is 19.0 Å². The number of rotatable bonds is 0. The van der Waals surface area contributed by atoms with Gasteiger partial charge in [0.15, 0.2) is 11.5 Å². The maximum atomic E-state index is 12.6. The van der Waals surface area contributed by atoms with E-state index in [0.717, 1.165) is 5.52 Å². The molecular formula is C13H6NO5P. The second kappa shape index (κ2) is 2.99. The molecule has 0 aliphatic carbocycles. The van der Waals surface area contributed by atoms with Crippen LogP contribution in [0.25, 0.3) is 21.8 Å². The highest BCUT2D eigenvalue weighted by molar-refractivity contribution is 7.50. The summed E-state index contributed by atoms with van der Waals surface area (Å²) in [7, 11) is -3.59. The smallest absolute Gasteiger partial charge is 0.382 e. The van der Waals surface area contributed by atoms with Crippen LogP contribution in [0, 0.1) is 0 Å². The highest BCUT2D eigenvalue weighted by Crippen LogP contribution is 2.69. The molecule has 3 heterocycles. The van der Waals surface area contributed by atoms with E-state index in [0.29, 0.717) is 22.0 Å².